The minimum absolute atomic E-state index is 0.150. The quantitative estimate of drug-likeness (QED) is 0.542. The lowest BCUT2D eigenvalue weighted by Crippen LogP contribution is -2.22. The number of ether oxygens (including phenoxy) is 1. The van der Waals surface area contributed by atoms with Crippen LogP contribution in [-0.4, -0.2) is 15.9 Å². The molecule has 1 amide bonds. The molecule has 0 bridgehead atoms. The lowest BCUT2D eigenvalue weighted by Gasteiger charge is -2.07. The Balaban J connectivity index is 1.38. The summed E-state index contributed by atoms with van der Waals surface area (Å²) in [4.78, 5) is 21.1. The van der Waals surface area contributed by atoms with Crippen LogP contribution in [0.25, 0.3) is 10.2 Å². The first kappa shape index (κ1) is 16.7. The maximum atomic E-state index is 12.4. The van der Waals surface area contributed by atoms with Gasteiger partial charge in [0.2, 0.25) is 0 Å². The molecule has 7 heteroatoms. The van der Waals surface area contributed by atoms with E-state index >= 15 is 0 Å². The van der Waals surface area contributed by atoms with Crippen molar-refractivity contribution in [1.82, 2.24) is 15.3 Å². The third kappa shape index (κ3) is 3.89. The van der Waals surface area contributed by atoms with Crippen molar-refractivity contribution in [3.63, 3.8) is 0 Å². The lowest BCUT2D eigenvalue weighted by molar-refractivity contribution is 0.0950. The van der Waals surface area contributed by atoms with E-state index in [4.69, 9.17) is 4.74 Å². The molecule has 0 aliphatic carbocycles. The van der Waals surface area contributed by atoms with Crippen molar-refractivity contribution >= 4 is 38.8 Å². The number of para-hydroxylation sites is 1. The average Bonchev–Trinajstić information content (AvgIpc) is 3.33. The fraction of sp³-hybridized carbons (Fsp3) is 0.105. The Morgan fingerprint density at radius 1 is 1.15 bits per heavy atom. The van der Waals surface area contributed by atoms with Crippen LogP contribution < -0.4 is 10.1 Å². The molecule has 130 valence electrons. The molecule has 26 heavy (non-hydrogen) atoms. The number of aromatic nitrogens is 2. The van der Waals surface area contributed by atoms with Crippen LogP contribution in [0, 0.1) is 0 Å². The van der Waals surface area contributed by atoms with Crippen LogP contribution in [0.2, 0.25) is 0 Å². The summed E-state index contributed by atoms with van der Waals surface area (Å²) < 4.78 is 6.82. The van der Waals surface area contributed by atoms with Crippen molar-refractivity contribution in [2.45, 2.75) is 13.2 Å². The van der Waals surface area contributed by atoms with Crippen molar-refractivity contribution in [3.05, 3.63) is 75.7 Å². The standard InChI is InChI=1S/C19H15N3O2S2/c23-19(20-9-18-22-16-6-1-2-7-17(16)26-18)13-4-3-5-15(8-13)24-10-14-11-25-12-21-14/h1-8,11-12H,9-10H2,(H,20,23). The van der Waals surface area contributed by atoms with Gasteiger partial charge in [0, 0.05) is 10.9 Å². The van der Waals surface area contributed by atoms with Crippen LogP contribution in [0.1, 0.15) is 21.1 Å². The van der Waals surface area contributed by atoms with Crippen LogP contribution in [0.4, 0.5) is 0 Å². The van der Waals surface area contributed by atoms with Gasteiger partial charge in [0.05, 0.1) is 28.0 Å². The normalized spacial score (nSPS) is 10.8. The second-order valence-corrected chi connectivity index (χ2v) is 7.39. The molecule has 2 aromatic carbocycles. The van der Waals surface area contributed by atoms with E-state index in [-0.39, 0.29) is 5.91 Å². The van der Waals surface area contributed by atoms with E-state index < -0.39 is 0 Å². The average molecular weight is 381 g/mol. The highest BCUT2D eigenvalue weighted by molar-refractivity contribution is 7.18. The molecular formula is C19H15N3O2S2. The van der Waals surface area contributed by atoms with E-state index in [9.17, 15) is 4.79 Å². The zero-order valence-corrected chi connectivity index (χ0v) is 15.3. The van der Waals surface area contributed by atoms with E-state index in [0.717, 1.165) is 20.9 Å². The largest absolute Gasteiger partial charge is 0.487 e. The lowest BCUT2D eigenvalue weighted by atomic mass is 10.2. The molecule has 0 spiro atoms. The highest BCUT2D eigenvalue weighted by Crippen LogP contribution is 2.21. The molecule has 0 aliphatic rings. The maximum Gasteiger partial charge on any atom is 0.251 e. The van der Waals surface area contributed by atoms with Crippen molar-refractivity contribution in [2.24, 2.45) is 0 Å². The van der Waals surface area contributed by atoms with Crippen LogP contribution >= 0.6 is 22.7 Å². The van der Waals surface area contributed by atoms with Crippen molar-refractivity contribution in [2.75, 3.05) is 0 Å². The molecule has 2 aromatic heterocycles. The minimum Gasteiger partial charge on any atom is -0.487 e. The summed E-state index contributed by atoms with van der Waals surface area (Å²) in [6, 6.07) is 15.1. The van der Waals surface area contributed by atoms with E-state index in [2.05, 4.69) is 15.3 Å². The van der Waals surface area contributed by atoms with Gasteiger partial charge >= 0.3 is 0 Å². The van der Waals surface area contributed by atoms with E-state index in [1.54, 1.807) is 29.0 Å². The maximum absolute atomic E-state index is 12.4. The molecule has 0 saturated carbocycles. The van der Waals surface area contributed by atoms with Crippen LogP contribution in [0.3, 0.4) is 0 Å². The molecule has 0 fully saturated rings. The number of thiazole rings is 2. The third-order valence-corrected chi connectivity index (χ3v) is 5.38. The zero-order valence-electron chi connectivity index (χ0n) is 13.7. The Bertz CT molecular complexity index is 995. The van der Waals surface area contributed by atoms with Gasteiger partial charge < -0.3 is 10.1 Å². The number of carbonyl (C=O) groups is 1. The number of carbonyl (C=O) groups excluding carboxylic acids is 1. The summed E-state index contributed by atoms with van der Waals surface area (Å²) in [5, 5.41) is 5.74. The monoisotopic (exact) mass is 381 g/mol. The topological polar surface area (TPSA) is 64.1 Å². The summed E-state index contributed by atoms with van der Waals surface area (Å²) in [6.45, 7) is 0.794. The smallest absolute Gasteiger partial charge is 0.251 e. The number of hydrogen-bond acceptors (Lipinski definition) is 6. The Kier molecular flexibility index (Phi) is 4.90. The summed E-state index contributed by atoms with van der Waals surface area (Å²) >= 11 is 3.12. The minimum atomic E-state index is -0.150. The van der Waals surface area contributed by atoms with Gasteiger partial charge in [-0.2, -0.15) is 0 Å². The molecule has 2 heterocycles. The predicted octanol–water partition coefficient (Wildman–Crippen LogP) is 4.26. The second-order valence-electron chi connectivity index (χ2n) is 5.55. The van der Waals surface area contributed by atoms with Gasteiger partial charge in [0.1, 0.15) is 17.4 Å². The molecule has 1 N–H and O–H groups in total. The molecule has 4 rings (SSSR count). The van der Waals surface area contributed by atoms with Gasteiger partial charge in [-0.3, -0.25) is 4.79 Å². The number of rotatable bonds is 6. The first-order valence-electron chi connectivity index (χ1n) is 8.00. The van der Waals surface area contributed by atoms with Gasteiger partial charge in [0.15, 0.2) is 0 Å². The molecule has 5 nitrogen and oxygen atoms in total. The van der Waals surface area contributed by atoms with Gasteiger partial charge in [-0.15, -0.1) is 22.7 Å². The fourth-order valence-electron chi connectivity index (χ4n) is 2.45. The Labute approximate surface area is 158 Å². The van der Waals surface area contributed by atoms with E-state index in [0.29, 0.717) is 24.5 Å². The Hall–Kier alpha value is -2.77. The number of fused-ring (bicyclic) bond motifs is 1. The van der Waals surface area contributed by atoms with Gasteiger partial charge in [-0.25, -0.2) is 9.97 Å². The van der Waals surface area contributed by atoms with Gasteiger partial charge in [-0.05, 0) is 30.3 Å². The van der Waals surface area contributed by atoms with Crippen molar-refractivity contribution in [1.29, 1.82) is 0 Å². The Morgan fingerprint density at radius 2 is 2.08 bits per heavy atom. The number of nitrogens with one attached hydrogen (secondary N) is 1. The van der Waals surface area contributed by atoms with E-state index in [1.807, 2.05) is 41.8 Å². The molecule has 4 aromatic rings. The van der Waals surface area contributed by atoms with E-state index in [1.165, 1.54) is 11.3 Å². The third-order valence-electron chi connectivity index (χ3n) is 3.70. The van der Waals surface area contributed by atoms with Gasteiger partial charge in [0.25, 0.3) is 5.91 Å². The summed E-state index contributed by atoms with van der Waals surface area (Å²) in [6.07, 6.45) is 0. The predicted molar refractivity (Wildman–Crippen MR) is 104 cm³/mol. The molecule has 0 saturated heterocycles. The zero-order chi connectivity index (χ0) is 17.8. The van der Waals surface area contributed by atoms with Crippen molar-refractivity contribution in [3.8, 4) is 5.75 Å². The fourth-order valence-corrected chi connectivity index (χ4v) is 3.90. The summed E-state index contributed by atoms with van der Waals surface area (Å²) in [5.41, 5.74) is 4.16. The second kappa shape index (κ2) is 7.63. The number of hydrogen-bond donors (Lipinski definition) is 1. The van der Waals surface area contributed by atoms with Crippen molar-refractivity contribution < 1.29 is 9.53 Å². The molecule has 0 radical (unpaired) electrons. The molecular weight excluding hydrogens is 366 g/mol. The molecule has 0 unspecified atom stereocenters. The highest BCUT2D eigenvalue weighted by Gasteiger charge is 2.09. The SMILES string of the molecule is O=C(NCc1nc2ccccc2s1)c1cccc(OCc2cscn2)c1. The number of benzene rings is 2. The first-order chi connectivity index (χ1) is 12.8. The van der Waals surface area contributed by atoms with Gasteiger partial charge in [-0.1, -0.05) is 18.2 Å². The van der Waals surface area contributed by atoms with Crippen LogP contribution in [0.5, 0.6) is 5.75 Å². The number of nitrogens with zero attached hydrogens (tertiary/aromatic N) is 2. The number of amides is 1. The molecule has 0 atom stereocenters. The van der Waals surface area contributed by atoms with Crippen LogP contribution in [-0.2, 0) is 13.2 Å². The summed E-state index contributed by atoms with van der Waals surface area (Å²) in [7, 11) is 0. The highest BCUT2D eigenvalue weighted by atomic mass is 32.1. The summed E-state index contributed by atoms with van der Waals surface area (Å²) in [5.74, 6) is 0.494. The van der Waals surface area contributed by atoms with Crippen LogP contribution in [0.15, 0.2) is 59.4 Å². The Morgan fingerprint density at radius 3 is 2.92 bits per heavy atom. The first-order valence-corrected chi connectivity index (χ1v) is 9.76. The molecule has 0 aliphatic heterocycles.